The molecule has 0 radical (unpaired) electrons. The molecule has 1 aromatic carbocycles. The first-order valence-electron chi connectivity index (χ1n) is 9.72. The first-order chi connectivity index (χ1) is 14.2. The van der Waals surface area contributed by atoms with Crippen LogP contribution in [0.1, 0.15) is 12.8 Å². The number of nitrogens with one attached hydrogen (secondary N) is 1. The second-order valence-corrected chi connectivity index (χ2v) is 7.74. The molecule has 0 aliphatic carbocycles. The van der Waals surface area contributed by atoms with Gasteiger partial charge in [-0.05, 0) is 49.2 Å². The fraction of sp³-hybridized carbons (Fsp3) is 0.227. The van der Waals surface area contributed by atoms with Crippen LogP contribution < -0.4 is 15.1 Å². The first-order valence-corrected chi connectivity index (χ1v) is 10.1. The van der Waals surface area contributed by atoms with Gasteiger partial charge >= 0.3 is 6.03 Å². The number of piperidine rings is 1. The van der Waals surface area contributed by atoms with Crippen LogP contribution in [0.5, 0.6) is 0 Å². The molecule has 0 unspecified atom stereocenters. The van der Waals surface area contributed by atoms with Gasteiger partial charge < -0.3 is 4.90 Å². The Morgan fingerprint density at radius 3 is 2.90 bits per heavy atom. The van der Waals surface area contributed by atoms with E-state index in [0.717, 1.165) is 42.9 Å². The number of fused-ring (bicyclic) bond motifs is 4. The van der Waals surface area contributed by atoms with Crippen molar-refractivity contribution in [2.45, 2.75) is 18.9 Å². The molecule has 6 nitrogen and oxygen atoms in total. The monoisotopic (exact) mass is 405 g/mol. The summed E-state index contributed by atoms with van der Waals surface area (Å²) >= 11 is 6.17. The molecule has 5 rings (SSSR count). The number of carbonyl (C=O) groups excluding carboxylic acids is 1. The van der Waals surface area contributed by atoms with E-state index in [1.54, 1.807) is 17.2 Å². The molecule has 2 aliphatic rings. The Hall–Kier alpha value is -3.12. The Morgan fingerprint density at radius 2 is 2.07 bits per heavy atom. The number of hydrogen-bond donors (Lipinski definition) is 1. The van der Waals surface area contributed by atoms with E-state index in [0.29, 0.717) is 16.7 Å². The molecule has 2 aromatic heterocycles. The zero-order chi connectivity index (χ0) is 19.8. The van der Waals surface area contributed by atoms with E-state index in [4.69, 9.17) is 16.6 Å². The average Bonchev–Trinajstić information content (AvgIpc) is 2.74. The molecule has 1 N–H and O–H groups in total. The van der Waals surface area contributed by atoms with E-state index in [1.807, 2.05) is 42.5 Å². The Labute approximate surface area is 174 Å². The second-order valence-electron chi connectivity index (χ2n) is 7.31. The van der Waals surface area contributed by atoms with Crippen molar-refractivity contribution in [3.05, 3.63) is 65.8 Å². The maximum absolute atomic E-state index is 13.2. The molecule has 4 heterocycles. The molecular weight excluding hydrogens is 386 g/mol. The predicted octanol–water partition coefficient (Wildman–Crippen LogP) is 4.82. The summed E-state index contributed by atoms with van der Waals surface area (Å²) in [7, 11) is 0. The van der Waals surface area contributed by atoms with Crippen molar-refractivity contribution in [3.63, 3.8) is 0 Å². The molecule has 1 atom stereocenters. The highest BCUT2D eigenvalue weighted by atomic mass is 35.5. The predicted molar refractivity (Wildman–Crippen MR) is 116 cm³/mol. The third-order valence-electron chi connectivity index (χ3n) is 5.42. The molecule has 0 spiro atoms. The van der Waals surface area contributed by atoms with E-state index in [1.165, 1.54) is 0 Å². The van der Waals surface area contributed by atoms with Crippen molar-refractivity contribution in [1.82, 2.24) is 9.97 Å². The molecule has 2 aliphatic heterocycles. The lowest BCUT2D eigenvalue weighted by atomic mass is 9.99. The molecule has 146 valence electrons. The number of urea groups is 1. The van der Waals surface area contributed by atoms with Gasteiger partial charge in [-0.2, -0.15) is 0 Å². The van der Waals surface area contributed by atoms with E-state index in [-0.39, 0.29) is 12.1 Å². The number of pyridine rings is 2. The Balaban J connectivity index is 1.56. The number of benzene rings is 1. The Bertz CT molecular complexity index is 1060. The highest BCUT2D eigenvalue weighted by Gasteiger charge is 2.38. The number of anilines is 3. The van der Waals surface area contributed by atoms with Crippen LogP contribution in [0.2, 0.25) is 5.02 Å². The minimum absolute atomic E-state index is 0.0853. The SMILES string of the molecule is O=C(Nc1ccccn1)N1c2nc(-c3cccc(Cl)c3)ccc2N2CCC[C@H]1C2. The van der Waals surface area contributed by atoms with Gasteiger partial charge in [-0.3, -0.25) is 10.2 Å². The van der Waals surface area contributed by atoms with Crippen LogP contribution in [0.3, 0.4) is 0 Å². The molecule has 7 heteroatoms. The number of amides is 2. The normalized spacial score (nSPS) is 17.6. The Kier molecular flexibility index (Phi) is 4.56. The van der Waals surface area contributed by atoms with Crippen LogP contribution in [0.4, 0.5) is 22.1 Å². The van der Waals surface area contributed by atoms with E-state index in [2.05, 4.69) is 21.3 Å². The summed E-state index contributed by atoms with van der Waals surface area (Å²) < 4.78 is 0. The highest BCUT2D eigenvalue weighted by molar-refractivity contribution is 6.30. The number of aromatic nitrogens is 2. The maximum atomic E-state index is 13.2. The van der Waals surface area contributed by atoms with Crippen LogP contribution in [0, 0.1) is 0 Å². The lowest BCUT2D eigenvalue weighted by molar-refractivity contribution is 0.252. The third-order valence-corrected chi connectivity index (χ3v) is 5.66. The zero-order valence-electron chi connectivity index (χ0n) is 15.8. The lowest BCUT2D eigenvalue weighted by Gasteiger charge is -2.45. The van der Waals surface area contributed by atoms with Gasteiger partial charge in [0.15, 0.2) is 5.82 Å². The fourth-order valence-electron chi connectivity index (χ4n) is 4.10. The topological polar surface area (TPSA) is 61.4 Å². The zero-order valence-corrected chi connectivity index (χ0v) is 16.5. The third kappa shape index (κ3) is 3.40. The van der Waals surface area contributed by atoms with Gasteiger partial charge in [-0.1, -0.05) is 29.8 Å². The van der Waals surface area contributed by atoms with Crippen LogP contribution in [-0.2, 0) is 0 Å². The quantitative estimate of drug-likeness (QED) is 0.664. The minimum Gasteiger partial charge on any atom is -0.366 e. The minimum atomic E-state index is -0.202. The highest BCUT2D eigenvalue weighted by Crippen LogP contribution is 2.39. The van der Waals surface area contributed by atoms with E-state index in [9.17, 15) is 4.79 Å². The number of hydrogen-bond acceptors (Lipinski definition) is 4. The molecule has 1 saturated heterocycles. The lowest BCUT2D eigenvalue weighted by Crippen LogP contribution is -2.56. The Morgan fingerprint density at radius 1 is 1.14 bits per heavy atom. The smallest absolute Gasteiger partial charge is 0.329 e. The summed E-state index contributed by atoms with van der Waals surface area (Å²) in [6, 6.07) is 17.0. The van der Waals surface area contributed by atoms with Crippen molar-refractivity contribution in [1.29, 1.82) is 0 Å². The number of halogens is 1. The summed E-state index contributed by atoms with van der Waals surface area (Å²) in [5.74, 6) is 1.22. The summed E-state index contributed by atoms with van der Waals surface area (Å²) in [6.07, 6.45) is 3.67. The summed E-state index contributed by atoms with van der Waals surface area (Å²) in [4.78, 5) is 26.5. The number of nitrogens with zero attached hydrogens (tertiary/aromatic N) is 4. The second kappa shape index (κ2) is 7.37. The van der Waals surface area contributed by atoms with Crippen LogP contribution in [0.15, 0.2) is 60.8 Å². The summed E-state index contributed by atoms with van der Waals surface area (Å²) in [5, 5.41) is 3.58. The molecule has 3 aromatic rings. The molecule has 29 heavy (non-hydrogen) atoms. The number of carbonyl (C=O) groups is 1. The van der Waals surface area contributed by atoms with Gasteiger partial charge in [0.05, 0.1) is 17.4 Å². The summed E-state index contributed by atoms with van der Waals surface area (Å²) in [6.45, 7) is 1.80. The van der Waals surface area contributed by atoms with Crippen LogP contribution in [-0.4, -0.2) is 35.1 Å². The van der Waals surface area contributed by atoms with Crippen molar-refractivity contribution < 1.29 is 4.79 Å². The van der Waals surface area contributed by atoms with Crippen molar-refractivity contribution in [2.24, 2.45) is 0 Å². The maximum Gasteiger partial charge on any atom is 0.329 e. The fourth-order valence-corrected chi connectivity index (χ4v) is 4.29. The van der Waals surface area contributed by atoms with Gasteiger partial charge in [0, 0.05) is 29.9 Å². The van der Waals surface area contributed by atoms with Crippen molar-refractivity contribution in [2.75, 3.05) is 28.2 Å². The molecule has 2 bridgehead atoms. The van der Waals surface area contributed by atoms with E-state index < -0.39 is 0 Å². The van der Waals surface area contributed by atoms with Crippen molar-refractivity contribution in [3.8, 4) is 11.3 Å². The van der Waals surface area contributed by atoms with E-state index >= 15 is 0 Å². The molecule has 1 fully saturated rings. The first kappa shape index (κ1) is 17.9. The van der Waals surface area contributed by atoms with Gasteiger partial charge in [0.2, 0.25) is 0 Å². The molecule has 0 saturated carbocycles. The summed E-state index contributed by atoms with van der Waals surface area (Å²) in [5.41, 5.74) is 2.71. The van der Waals surface area contributed by atoms with Crippen LogP contribution >= 0.6 is 11.6 Å². The van der Waals surface area contributed by atoms with Gasteiger partial charge in [0.25, 0.3) is 0 Å². The van der Waals surface area contributed by atoms with Gasteiger partial charge in [-0.15, -0.1) is 0 Å². The van der Waals surface area contributed by atoms with Crippen molar-refractivity contribution >= 4 is 35.0 Å². The van der Waals surface area contributed by atoms with Gasteiger partial charge in [0.1, 0.15) is 5.82 Å². The van der Waals surface area contributed by atoms with Gasteiger partial charge in [-0.25, -0.2) is 14.8 Å². The number of rotatable bonds is 2. The molecular formula is C22H20ClN5O. The largest absolute Gasteiger partial charge is 0.366 e. The molecule has 2 amide bonds. The average molecular weight is 406 g/mol. The standard InChI is InChI=1S/C22H20ClN5O/c23-16-6-3-5-15(13-16)18-9-10-19-21(25-18)28(17-7-4-12-27(19)14-17)22(29)26-20-8-1-2-11-24-20/h1-3,5-6,8-11,13,17H,4,7,12,14H2,(H,24,26,29)/t17-/m0/s1. The van der Waals surface area contributed by atoms with Crippen LogP contribution in [0.25, 0.3) is 11.3 Å².